The highest BCUT2D eigenvalue weighted by molar-refractivity contribution is 6.31. The molecule has 0 bridgehead atoms. The summed E-state index contributed by atoms with van der Waals surface area (Å²) >= 11 is 6.03. The average Bonchev–Trinajstić information content (AvgIpc) is 3.15. The molecule has 1 aliphatic heterocycles. The highest BCUT2D eigenvalue weighted by Gasteiger charge is 2.38. The molecule has 1 saturated heterocycles. The number of esters is 1. The lowest BCUT2D eigenvalue weighted by molar-refractivity contribution is -0.384. The van der Waals surface area contributed by atoms with Crippen LogP contribution in [0.2, 0.25) is 5.02 Å². The molecule has 0 aliphatic carbocycles. The summed E-state index contributed by atoms with van der Waals surface area (Å²) in [5, 5.41) is 13.7. The maximum Gasteiger partial charge on any atom is 0.312 e. The van der Waals surface area contributed by atoms with E-state index in [0.29, 0.717) is 16.5 Å². The Morgan fingerprint density at radius 3 is 2.72 bits per heavy atom. The van der Waals surface area contributed by atoms with Gasteiger partial charge in [-0.15, -0.1) is 0 Å². The molecule has 0 radical (unpaired) electrons. The molecule has 11 heteroatoms. The Bertz CT molecular complexity index is 1080. The Balaban J connectivity index is 1.63. The topological polar surface area (TPSA) is 128 Å². The van der Waals surface area contributed by atoms with Crippen molar-refractivity contribution in [1.82, 2.24) is 0 Å². The van der Waals surface area contributed by atoms with Gasteiger partial charge in [-0.05, 0) is 31.2 Å². The number of ether oxygens (including phenoxy) is 2. The molecule has 168 valence electrons. The Morgan fingerprint density at radius 2 is 2.03 bits per heavy atom. The third-order valence-corrected chi connectivity index (χ3v) is 5.11. The Labute approximate surface area is 188 Å². The number of amides is 2. The number of nitro benzene ring substituents is 1. The van der Waals surface area contributed by atoms with Gasteiger partial charge in [-0.1, -0.05) is 17.7 Å². The van der Waals surface area contributed by atoms with Gasteiger partial charge in [0.25, 0.3) is 11.6 Å². The van der Waals surface area contributed by atoms with Crippen LogP contribution in [-0.4, -0.2) is 42.5 Å². The number of nitrogens with zero attached hydrogens (tertiary/aromatic N) is 2. The van der Waals surface area contributed by atoms with Crippen molar-refractivity contribution < 1.29 is 28.8 Å². The molecule has 2 amide bonds. The summed E-state index contributed by atoms with van der Waals surface area (Å²) in [7, 11) is 1.46. The van der Waals surface area contributed by atoms with E-state index in [1.54, 1.807) is 18.2 Å². The number of non-ortho nitro benzene ring substituents is 1. The van der Waals surface area contributed by atoms with Gasteiger partial charge in [0.05, 0.1) is 23.6 Å². The number of halogens is 1. The molecule has 10 nitrogen and oxygen atoms in total. The molecule has 0 spiro atoms. The maximum atomic E-state index is 12.6. The van der Waals surface area contributed by atoms with Gasteiger partial charge in [0.2, 0.25) is 5.91 Å². The predicted molar refractivity (Wildman–Crippen MR) is 116 cm³/mol. The Kier molecular flexibility index (Phi) is 6.94. The largest absolute Gasteiger partial charge is 0.495 e. The molecule has 0 unspecified atom stereocenters. The van der Waals surface area contributed by atoms with Crippen molar-refractivity contribution in [2.24, 2.45) is 5.92 Å². The lowest BCUT2D eigenvalue weighted by atomic mass is 10.1. The number of nitro groups is 1. The van der Waals surface area contributed by atoms with Crippen molar-refractivity contribution in [1.29, 1.82) is 0 Å². The first kappa shape index (κ1) is 23.0. The molecule has 0 saturated carbocycles. The molecule has 2 atom stereocenters. The lowest BCUT2D eigenvalue weighted by Crippen LogP contribution is -2.33. The highest BCUT2D eigenvalue weighted by atomic mass is 35.5. The second kappa shape index (κ2) is 9.65. The van der Waals surface area contributed by atoms with Crippen LogP contribution in [0, 0.1) is 16.0 Å². The van der Waals surface area contributed by atoms with Crippen molar-refractivity contribution in [3.8, 4) is 5.75 Å². The Morgan fingerprint density at radius 1 is 1.28 bits per heavy atom. The van der Waals surface area contributed by atoms with Gasteiger partial charge in [-0.25, -0.2) is 0 Å². The van der Waals surface area contributed by atoms with Crippen LogP contribution in [0.1, 0.15) is 13.3 Å². The zero-order valence-corrected chi connectivity index (χ0v) is 18.0. The number of hydrogen-bond acceptors (Lipinski definition) is 7. The number of rotatable bonds is 7. The fourth-order valence-corrected chi connectivity index (χ4v) is 3.40. The van der Waals surface area contributed by atoms with Crippen molar-refractivity contribution in [2.45, 2.75) is 19.4 Å². The number of hydrogen-bond donors (Lipinski definition) is 1. The second-order valence-electron chi connectivity index (χ2n) is 7.10. The van der Waals surface area contributed by atoms with E-state index in [-0.39, 0.29) is 30.2 Å². The number of nitrogens with one attached hydrogen (secondary N) is 1. The van der Waals surface area contributed by atoms with Crippen LogP contribution in [0.3, 0.4) is 0 Å². The van der Waals surface area contributed by atoms with Gasteiger partial charge < -0.3 is 19.7 Å². The minimum atomic E-state index is -1.17. The van der Waals surface area contributed by atoms with Crippen molar-refractivity contribution >= 4 is 46.4 Å². The third kappa shape index (κ3) is 5.14. The molecule has 3 rings (SSSR count). The molecule has 0 aromatic heterocycles. The number of benzene rings is 2. The van der Waals surface area contributed by atoms with Crippen LogP contribution in [0.15, 0.2) is 42.5 Å². The summed E-state index contributed by atoms with van der Waals surface area (Å²) in [6, 6.07) is 10.2. The van der Waals surface area contributed by atoms with Crippen molar-refractivity contribution in [2.75, 3.05) is 23.9 Å². The highest BCUT2D eigenvalue weighted by Crippen LogP contribution is 2.35. The predicted octanol–water partition coefficient (Wildman–Crippen LogP) is 3.18. The number of carbonyl (C=O) groups is 3. The van der Waals surface area contributed by atoms with Crippen LogP contribution >= 0.6 is 11.6 Å². The monoisotopic (exact) mass is 461 g/mol. The number of anilines is 2. The van der Waals surface area contributed by atoms with Crippen LogP contribution in [0.5, 0.6) is 5.75 Å². The molecule has 1 aliphatic rings. The van der Waals surface area contributed by atoms with Crippen molar-refractivity contribution in [3.05, 3.63) is 57.6 Å². The zero-order valence-electron chi connectivity index (χ0n) is 17.2. The van der Waals surface area contributed by atoms with Gasteiger partial charge in [0.1, 0.15) is 5.75 Å². The van der Waals surface area contributed by atoms with Gasteiger partial charge in [-0.2, -0.15) is 0 Å². The zero-order chi connectivity index (χ0) is 23.4. The second-order valence-corrected chi connectivity index (χ2v) is 7.53. The first-order chi connectivity index (χ1) is 15.2. The van der Waals surface area contributed by atoms with E-state index < -0.39 is 28.8 Å². The summed E-state index contributed by atoms with van der Waals surface area (Å²) in [6.45, 7) is 1.42. The first-order valence-electron chi connectivity index (χ1n) is 9.59. The fraction of sp³-hybridized carbons (Fsp3) is 0.286. The average molecular weight is 462 g/mol. The lowest BCUT2D eigenvalue weighted by Gasteiger charge is -2.20. The molecule has 1 fully saturated rings. The molecule has 1 heterocycles. The molecule has 2 aromatic rings. The van der Waals surface area contributed by atoms with Gasteiger partial charge in [0.15, 0.2) is 6.10 Å². The maximum absolute atomic E-state index is 12.6. The quantitative estimate of drug-likeness (QED) is 0.381. The summed E-state index contributed by atoms with van der Waals surface area (Å²) < 4.78 is 10.5. The van der Waals surface area contributed by atoms with Gasteiger partial charge in [0, 0.05) is 35.8 Å². The fourth-order valence-electron chi connectivity index (χ4n) is 3.24. The van der Waals surface area contributed by atoms with E-state index in [0.717, 1.165) is 0 Å². The van der Waals surface area contributed by atoms with E-state index in [9.17, 15) is 24.5 Å². The van der Waals surface area contributed by atoms with E-state index in [1.807, 2.05) is 0 Å². The van der Waals surface area contributed by atoms with Crippen molar-refractivity contribution in [3.63, 3.8) is 0 Å². The summed E-state index contributed by atoms with van der Waals surface area (Å²) in [6.07, 6.45) is -1.26. The van der Waals surface area contributed by atoms with Gasteiger partial charge >= 0.3 is 5.97 Å². The summed E-state index contributed by atoms with van der Waals surface area (Å²) in [4.78, 5) is 49.1. The number of carbonyl (C=O) groups excluding carboxylic acids is 3. The van der Waals surface area contributed by atoms with Crippen LogP contribution in [0.4, 0.5) is 17.1 Å². The molecule has 32 heavy (non-hydrogen) atoms. The molecule has 1 N–H and O–H groups in total. The summed E-state index contributed by atoms with van der Waals surface area (Å²) in [5.74, 6) is -2.01. The smallest absolute Gasteiger partial charge is 0.312 e. The minimum absolute atomic E-state index is 0.0492. The van der Waals surface area contributed by atoms with Crippen LogP contribution in [0.25, 0.3) is 0 Å². The van der Waals surface area contributed by atoms with Crippen LogP contribution < -0.4 is 15.0 Å². The van der Waals surface area contributed by atoms with E-state index in [2.05, 4.69) is 5.32 Å². The SMILES string of the molecule is COc1ccc(Cl)cc1N1C[C@@H](C(=O)O[C@@H](C)C(=O)Nc2cccc([N+](=O)[O-])c2)CC1=O. The van der Waals surface area contributed by atoms with Crippen LogP contribution in [-0.2, 0) is 19.1 Å². The van der Waals surface area contributed by atoms with Gasteiger partial charge in [-0.3, -0.25) is 24.5 Å². The molecule has 2 aromatic carbocycles. The van der Waals surface area contributed by atoms with E-state index >= 15 is 0 Å². The third-order valence-electron chi connectivity index (χ3n) is 4.88. The van der Waals surface area contributed by atoms with E-state index in [4.69, 9.17) is 21.1 Å². The normalized spacial score (nSPS) is 16.4. The van der Waals surface area contributed by atoms with E-state index in [1.165, 1.54) is 43.2 Å². The number of methoxy groups -OCH3 is 1. The molecular weight excluding hydrogens is 442 g/mol. The standard InChI is InChI=1S/C21H20ClN3O7/c1-12(20(27)23-15-4-3-5-16(10-15)25(29)30)32-21(28)13-8-19(26)24(11-13)17-9-14(22)6-7-18(17)31-2/h3-7,9-10,12-13H,8,11H2,1-2H3,(H,23,27)/t12-,13-/m0/s1. The molecular formula is C21H20ClN3O7. The minimum Gasteiger partial charge on any atom is -0.495 e. The summed E-state index contributed by atoms with van der Waals surface area (Å²) in [5.41, 5.74) is 0.451. The first-order valence-corrected chi connectivity index (χ1v) is 9.97. The Hall–Kier alpha value is -3.66.